The van der Waals surface area contributed by atoms with Crippen molar-refractivity contribution in [2.24, 2.45) is 20.0 Å². The highest BCUT2D eigenvalue weighted by molar-refractivity contribution is 6.29. The topological polar surface area (TPSA) is 83.8 Å². The Bertz CT molecular complexity index is 1230. The Morgan fingerprint density at radius 1 is 1.14 bits per heavy atom. The SMILES string of the molecule is Cc1cc(C(=O)Cn2c(Cl)nc3c2c(=O)n(C)c(=O)n3C)c(C)n1CCC(C)C. The molecule has 0 saturated heterocycles. The predicted molar refractivity (Wildman–Crippen MR) is 113 cm³/mol. The van der Waals surface area contributed by atoms with Gasteiger partial charge < -0.3 is 9.13 Å². The summed E-state index contributed by atoms with van der Waals surface area (Å²) in [5.74, 6) is 0.403. The highest BCUT2D eigenvalue weighted by Gasteiger charge is 2.22. The highest BCUT2D eigenvalue weighted by atomic mass is 35.5. The van der Waals surface area contributed by atoms with Crippen LogP contribution in [0.15, 0.2) is 15.7 Å². The van der Waals surface area contributed by atoms with Crippen LogP contribution in [0.2, 0.25) is 5.28 Å². The van der Waals surface area contributed by atoms with Crippen LogP contribution in [-0.2, 0) is 27.2 Å². The molecule has 3 aromatic heterocycles. The summed E-state index contributed by atoms with van der Waals surface area (Å²) in [7, 11) is 2.90. The Balaban J connectivity index is 2.04. The maximum Gasteiger partial charge on any atom is 0.332 e. The van der Waals surface area contributed by atoms with Gasteiger partial charge in [0.15, 0.2) is 16.9 Å². The number of carbonyl (C=O) groups is 1. The summed E-state index contributed by atoms with van der Waals surface area (Å²) in [6, 6.07) is 1.87. The fourth-order valence-electron chi connectivity index (χ4n) is 3.61. The molecule has 3 rings (SSSR count). The number of rotatable bonds is 6. The summed E-state index contributed by atoms with van der Waals surface area (Å²) in [5.41, 5.74) is 1.80. The van der Waals surface area contributed by atoms with Crippen LogP contribution in [0.1, 0.15) is 42.0 Å². The molecule has 0 aliphatic heterocycles. The number of nitrogens with zero attached hydrogens (tertiary/aromatic N) is 5. The monoisotopic (exact) mass is 419 g/mol. The van der Waals surface area contributed by atoms with Crippen LogP contribution < -0.4 is 11.2 Å². The van der Waals surface area contributed by atoms with E-state index in [9.17, 15) is 14.4 Å². The van der Waals surface area contributed by atoms with E-state index in [4.69, 9.17) is 11.6 Å². The number of ketones is 1. The van der Waals surface area contributed by atoms with Gasteiger partial charge in [-0.3, -0.25) is 18.7 Å². The molecular formula is C20H26ClN5O3. The summed E-state index contributed by atoms with van der Waals surface area (Å²) < 4.78 is 5.76. The number of hydrogen-bond donors (Lipinski definition) is 0. The van der Waals surface area contributed by atoms with E-state index in [-0.39, 0.29) is 28.8 Å². The zero-order valence-electron chi connectivity index (χ0n) is 17.6. The first-order valence-corrected chi connectivity index (χ1v) is 9.94. The molecule has 0 saturated carbocycles. The predicted octanol–water partition coefficient (Wildman–Crippen LogP) is 2.43. The number of aryl methyl sites for hydroxylation is 2. The first kappa shape index (κ1) is 21.1. The second-order valence-corrected chi connectivity index (χ2v) is 8.23. The summed E-state index contributed by atoms with van der Waals surface area (Å²) in [4.78, 5) is 42.0. The van der Waals surface area contributed by atoms with Crippen LogP contribution in [-0.4, -0.2) is 29.0 Å². The van der Waals surface area contributed by atoms with Gasteiger partial charge in [-0.1, -0.05) is 13.8 Å². The van der Waals surface area contributed by atoms with E-state index in [1.54, 1.807) is 0 Å². The number of halogens is 1. The Kier molecular flexibility index (Phi) is 5.58. The van der Waals surface area contributed by atoms with Crippen LogP contribution in [0.4, 0.5) is 0 Å². The lowest BCUT2D eigenvalue weighted by atomic mass is 10.1. The number of imidazole rings is 1. The van der Waals surface area contributed by atoms with E-state index in [1.807, 2.05) is 19.9 Å². The second kappa shape index (κ2) is 7.67. The van der Waals surface area contributed by atoms with E-state index >= 15 is 0 Å². The van der Waals surface area contributed by atoms with Crippen molar-refractivity contribution in [2.45, 2.75) is 47.2 Å². The maximum absolute atomic E-state index is 13.1. The molecule has 3 aromatic rings. The molecule has 0 aliphatic rings. The summed E-state index contributed by atoms with van der Waals surface area (Å²) in [6.07, 6.45) is 1.02. The zero-order valence-corrected chi connectivity index (χ0v) is 18.4. The lowest BCUT2D eigenvalue weighted by molar-refractivity contribution is 0.0972. The molecule has 9 heteroatoms. The third kappa shape index (κ3) is 3.57. The fraction of sp³-hybridized carbons (Fsp3) is 0.500. The molecule has 0 aromatic carbocycles. The largest absolute Gasteiger partial charge is 0.348 e. The van der Waals surface area contributed by atoms with Gasteiger partial charge >= 0.3 is 5.69 Å². The van der Waals surface area contributed by atoms with Crippen LogP contribution in [0, 0.1) is 19.8 Å². The van der Waals surface area contributed by atoms with Gasteiger partial charge in [0.1, 0.15) is 0 Å². The number of hydrogen-bond acceptors (Lipinski definition) is 4. The van der Waals surface area contributed by atoms with Crippen LogP contribution in [0.5, 0.6) is 0 Å². The van der Waals surface area contributed by atoms with Crippen molar-refractivity contribution < 1.29 is 4.79 Å². The third-order valence-corrected chi connectivity index (χ3v) is 5.70. The van der Waals surface area contributed by atoms with E-state index in [1.165, 1.54) is 23.2 Å². The average Bonchev–Trinajstić information content (AvgIpc) is 3.13. The minimum Gasteiger partial charge on any atom is -0.348 e. The molecule has 0 aliphatic carbocycles. The molecule has 0 radical (unpaired) electrons. The minimum atomic E-state index is -0.530. The molecule has 29 heavy (non-hydrogen) atoms. The van der Waals surface area contributed by atoms with Gasteiger partial charge in [-0.2, -0.15) is 4.98 Å². The first-order valence-electron chi connectivity index (χ1n) is 9.56. The molecule has 0 amide bonds. The van der Waals surface area contributed by atoms with Gasteiger partial charge in [0.05, 0.1) is 6.54 Å². The van der Waals surface area contributed by atoms with Crippen molar-refractivity contribution in [3.05, 3.63) is 49.1 Å². The van der Waals surface area contributed by atoms with Crippen molar-refractivity contribution in [3.8, 4) is 0 Å². The van der Waals surface area contributed by atoms with Gasteiger partial charge in [-0.25, -0.2) is 4.79 Å². The van der Waals surface area contributed by atoms with Gasteiger partial charge in [-0.05, 0) is 43.9 Å². The zero-order chi connectivity index (χ0) is 21.6. The Morgan fingerprint density at radius 3 is 2.41 bits per heavy atom. The van der Waals surface area contributed by atoms with Gasteiger partial charge in [0, 0.05) is 37.6 Å². The van der Waals surface area contributed by atoms with Crippen molar-refractivity contribution in [1.29, 1.82) is 0 Å². The van der Waals surface area contributed by atoms with E-state index < -0.39 is 11.2 Å². The summed E-state index contributed by atoms with van der Waals surface area (Å²) >= 11 is 6.24. The van der Waals surface area contributed by atoms with Crippen LogP contribution >= 0.6 is 11.6 Å². The quantitative estimate of drug-likeness (QED) is 0.453. The van der Waals surface area contributed by atoms with E-state index in [2.05, 4.69) is 23.4 Å². The molecule has 0 spiro atoms. The van der Waals surface area contributed by atoms with Crippen molar-refractivity contribution >= 4 is 28.5 Å². The number of fused-ring (bicyclic) bond motifs is 1. The molecule has 0 bridgehead atoms. The van der Waals surface area contributed by atoms with Crippen molar-refractivity contribution in [1.82, 2.24) is 23.3 Å². The minimum absolute atomic E-state index is 0.000246. The highest BCUT2D eigenvalue weighted by Crippen LogP contribution is 2.21. The molecule has 3 heterocycles. The Morgan fingerprint density at radius 2 is 1.79 bits per heavy atom. The standard InChI is InChI=1S/C20H26ClN5O3/c1-11(2)7-8-25-12(3)9-14(13(25)4)15(27)10-26-16-17(22-19(26)21)23(5)20(29)24(6)18(16)28/h9,11H,7-8,10H2,1-6H3. The molecule has 0 unspecified atom stereocenters. The number of carbonyl (C=O) groups excluding carboxylic acids is 1. The smallest absolute Gasteiger partial charge is 0.332 e. The lowest BCUT2D eigenvalue weighted by Crippen LogP contribution is -2.37. The summed E-state index contributed by atoms with van der Waals surface area (Å²) in [5, 5.41) is 0.000246. The molecule has 8 nitrogen and oxygen atoms in total. The van der Waals surface area contributed by atoms with E-state index in [0.717, 1.165) is 28.9 Å². The Hall–Kier alpha value is -2.61. The van der Waals surface area contributed by atoms with E-state index in [0.29, 0.717) is 11.5 Å². The van der Waals surface area contributed by atoms with Crippen molar-refractivity contribution in [2.75, 3.05) is 0 Å². The van der Waals surface area contributed by atoms with Gasteiger partial charge in [-0.15, -0.1) is 0 Å². The molecule has 0 fully saturated rings. The molecule has 0 N–H and O–H groups in total. The second-order valence-electron chi connectivity index (χ2n) is 7.89. The number of aromatic nitrogens is 5. The average molecular weight is 420 g/mol. The lowest BCUT2D eigenvalue weighted by Gasteiger charge is -2.11. The maximum atomic E-state index is 13.1. The van der Waals surface area contributed by atoms with Crippen LogP contribution in [0.3, 0.4) is 0 Å². The molecule has 0 atom stereocenters. The normalized spacial score (nSPS) is 11.7. The Labute approximate surface area is 173 Å². The summed E-state index contributed by atoms with van der Waals surface area (Å²) in [6.45, 7) is 8.96. The molecule has 156 valence electrons. The van der Waals surface area contributed by atoms with Crippen molar-refractivity contribution in [3.63, 3.8) is 0 Å². The van der Waals surface area contributed by atoms with Crippen LogP contribution in [0.25, 0.3) is 11.2 Å². The van der Waals surface area contributed by atoms with Gasteiger partial charge in [0.2, 0.25) is 5.28 Å². The first-order chi connectivity index (χ1) is 13.5. The number of Topliss-reactive ketones (excluding diaryl/α,β-unsaturated/α-hetero) is 1. The van der Waals surface area contributed by atoms with Gasteiger partial charge in [0.25, 0.3) is 5.56 Å². The fourth-order valence-corrected chi connectivity index (χ4v) is 3.83. The molecular weight excluding hydrogens is 394 g/mol. The third-order valence-electron chi connectivity index (χ3n) is 5.41.